The van der Waals surface area contributed by atoms with Gasteiger partial charge in [0.25, 0.3) is 0 Å². The molecule has 0 saturated heterocycles. The van der Waals surface area contributed by atoms with Crippen molar-refractivity contribution in [1.29, 1.82) is 0 Å². The van der Waals surface area contributed by atoms with Gasteiger partial charge in [-0.2, -0.15) is 0 Å². The average molecular weight is 300 g/mol. The molecule has 0 unspecified atom stereocenters. The Labute approximate surface area is 107 Å². The van der Waals surface area contributed by atoms with Crippen molar-refractivity contribution < 1.29 is 4.74 Å². The number of rotatable bonds is 2. The maximum Gasteiger partial charge on any atom is 0.223 e. The van der Waals surface area contributed by atoms with Gasteiger partial charge in [-0.05, 0) is 57.9 Å². The minimum absolute atomic E-state index is 0.222. The summed E-state index contributed by atoms with van der Waals surface area (Å²) in [5.74, 6) is 0.808. The number of halogens is 2. The summed E-state index contributed by atoms with van der Waals surface area (Å²) >= 11 is 9.06. The molecule has 0 spiro atoms. The highest BCUT2D eigenvalue weighted by Crippen LogP contribution is 2.23. The number of ether oxygens (including phenoxy) is 1. The molecular weight excluding hydrogens is 291 g/mol. The van der Waals surface area contributed by atoms with Crippen molar-refractivity contribution in [3.05, 3.63) is 40.2 Å². The molecule has 2 aromatic rings. The van der Waals surface area contributed by atoms with E-state index >= 15 is 0 Å². The van der Waals surface area contributed by atoms with Gasteiger partial charge in [0.05, 0.1) is 12.8 Å². The maximum absolute atomic E-state index is 5.78. The Hall–Kier alpha value is -1.13. The van der Waals surface area contributed by atoms with Crippen molar-refractivity contribution in [1.82, 2.24) is 9.97 Å². The third-order valence-corrected chi connectivity index (χ3v) is 2.63. The molecule has 0 bridgehead atoms. The van der Waals surface area contributed by atoms with Crippen LogP contribution in [0.5, 0.6) is 5.75 Å². The molecule has 0 fully saturated rings. The van der Waals surface area contributed by atoms with Crippen LogP contribution in [-0.4, -0.2) is 17.1 Å². The van der Waals surface area contributed by atoms with Gasteiger partial charge in [-0.25, -0.2) is 9.97 Å². The second kappa shape index (κ2) is 4.80. The largest absolute Gasteiger partial charge is 0.497 e. The Balaban J connectivity index is 2.42. The molecule has 1 aromatic carbocycles. The fourth-order valence-electron chi connectivity index (χ4n) is 1.30. The molecule has 0 aliphatic rings. The summed E-state index contributed by atoms with van der Waals surface area (Å²) in [6, 6.07) is 9.40. The predicted molar refractivity (Wildman–Crippen MR) is 66.7 cm³/mol. The Kier molecular flexibility index (Phi) is 3.41. The van der Waals surface area contributed by atoms with Crippen molar-refractivity contribution in [2.45, 2.75) is 0 Å². The molecule has 1 aromatic heterocycles. The van der Waals surface area contributed by atoms with Crippen LogP contribution in [0.15, 0.2) is 34.9 Å². The van der Waals surface area contributed by atoms with Crippen molar-refractivity contribution in [2.75, 3.05) is 7.11 Å². The topological polar surface area (TPSA) is 35.0 Å². The summed E-state index contributed by atoms with van der Waals surface area (Å²) in [5, 5.41) is 0.222. The molecule has 0 atom stereocenters. The molecule has 82 valence electrons. The number of benzene rings is 1. The van der Waals surface area contributed by atoms with Crippen LogP contribution in [0.4, 0.5) is 0 Å². The van der Waals surface area contributed by atoms with E-state index in [1.807, 2.05) is 30.3 Å². The molecule has 2 rings (SSSR count). The maximum atomic E-state index is 5.78. The first-order valence-electron chi connectivity index (χ1n) is 4.53. The first-order valence-corrected chi connectivity index (χ1v) is 5.70. The van der Waals surface area contributed by atoms with Crippen LogP contribution in [0.25, 0.3) is 11.3 Å². The van der Waals surface area contributed by atoms with Gasteiger partial charge in [-0.3, -0.25) is 0 Å². The van der Waals surface area contributed by atoms with E-state index in [0.717, 1.165) is 17.0 Å². The van der Waals surface area contributed by atoms with Gasteiger partial charge in [0.1, 0.15) is 10.4 Å². The third kappa shape index (κ3) is 2.51. The Morgan fingerprint density at radius 3 is 2.44 bits per heavy atom. The fraction of sp³-hybridized carbons (Fsp3) is 0.0909. The summed E-state index contributed by atoms with van der Waals surface area (Å²) in [6.07, 6.45) is 0. The summed E-state index contributed by atoms with van der Waals surface area (Å²) < 4.78 is 5.75. The minimum atomic E-state index is 0.222. The molecule has 0 aliphatic heterocycles. The van der Waals surface area contributed by atoms with Crippen molar-refractivity contribution in [3.63, 3.8) is 0 Å². The quantitative estimate of drug-likeness (QED) is 0.628. The van der Waals surface area contributed by atoms with E-state index in [0.29, 0.717) is 4.60 Å². The lowest BCUT2D eigenvalue weighted by molar-refractivity contribution is 0.415. The van der Waals surface area contributed by atoms with E-state index < -0.39 is 0 Å². The average Bonchev–Trinajstić information content (AvgIpc) is 2.28. The smallest absolute Gasteiger partial charge is 0.223 e. The third-order valence-electron chi connectivity index (χ3n) is 2.05. The van der Waals surface area contributed by atoms with Gasteiger partial charge >= 0.3 is 0 Å². The van der Waals surface area contributed by atoms with E-state index in [4.69, 9.17) is 16.3 Å². The van der Waals surface area contributed by atoms with Crippen LogP contribution in [0.2, 0.25) is 5.28 Å². The fourth-order valence-corrected chi connectivity index (χ4v) is 1.97. The first-order chi connectivity index (χ1) is 7.69. The molecule has 0 aliphatic carbocycles. The van der Waals surface area contributed by atoms with Crippen LogP contribution < -0.4 is 4.74 Å². The van der Waals surface area contributed by atoms with E-state index in [1.54, 1.807) is 7.11 Å². The highest BCUT2D eigenvalue weighted by atomic mass is 79.9. The van der Waals surface area contributed by atoms with Gasteiger partial charge in [-0.15, -0.1) is 0 Å². The van der Waals surface area contributed by atoms with Gasteiger partial charge in [0, 0.05) is 5.56 Å². The van der Waals surface area contributed by atoms with Crippen LogP contribution >= 0.6 is 27.5 Å². The van der Waals surface area contributed by atoms with Gasteiger partial charge in [0.15, 0.2) is 0 Å². The SMILES string of the molecule is COc1ccc(-c2cc(Br)nc(Cl)n2)cc1. The molecule has 0 radical (unpaired) electrons. The second-order valence-electron chi connectivity index (χ2n) is 3.07. The molecule has 5 heteroatoms. The van der Waals surface area contributed by atoms with Crippen molar-refractivity contribution in [3.8, 4) is 17.0 Å². The first kappa shape index (κ1) is 11.4. The lowest BCUT2D eigenvalue weighted by atomic mass is 10.1. The second-order valence-corrected chi connectivity index (χ2v) is 4.22. The van der Waals surface area contributed by atoms with E-state index in [1.165, 1.54) is 0 Å². The monoisotopic (exact) mass is 298 g/mol. The normalized spacial score (nSPS) is 10.2. The van der Waals surface area contributed by atoms with E-state index in [2.05, 4.69) is 25.9 Å². The Morgan fingerprint density at radius 1 is 1.19 bits per heavy atom. The minimum Gasteiger partial charge on any atom is -0.497 e. The lowest BCUT2D eigenvalue weighted by Gasteiger charge is -2.03. The molecular formula is C11H8BrClN2O. The van der Waals surface area contributed by atoms with Gasteiger partial charge in [-0.1, -0.05) is 0 Å². The standard InChI is InChI=1S/C11H8BrClN2O/c1-16-8-4-2-7(3-5-8)9-6-10(12)15-11(13)14-9/h2-6H,1H3. The summed E-state index contributed by atoms with van der Waals surface area (Å²) in [4.78, 5) is 8.08. The predicted octanol–water partition coefficient (Wildman–Crippen LogP) is 3.57. The zero-order chi connectivity index (χ0) is 11.5. The van der Waals surface area contributed by atoms with Crippen LogP contribution in [0, 0.1) is 0 Å². The van der Waals surface area contributed by atoms with Gasteiger partial charge < -0.3 is 4.74 Å². The number of methoxy groups -OCH3 is 1. The Morgan fingerprint density at radius 2 is 1.88 bits per heavy atom. The van der Waals surface area contributed by atoms with Crippen LogP contribution in [-0.2, 0) is 0 Å². The number of aromatic nitrogens is 2. The number of nitrogens with zero attached hydrogens (tertiary/aromatic N) is 2. The van der Waals surface area contributed by atoms with E-state index in [-0.39, 0.29) is 5.28 Å². The lowest BCUT2D eigenvalue weighted by Crippen LogP contribution is -1.89. The Bertz CT molecular complexity index is 482. The number of hydrogen-bond acceptors (Lipinski definition) is 3. The zero-order valence-corrected chi connectivity index (χ0v) is 10.8. The highest BCUT2D eigenvalue weighted by molar-refractivity contribution is 9.10. The molecule has 0 N–H and O–H groups in total. The van der Waals surface area contributed by atoms with E-state index in [9.17, 15) is 0 Å². The summed E-state index contributed by atoms with van der Waals surface area (Å²) in [6.45, 7) is 0. The van der Waals surface area contributed by atoms with Crippen molar-refractivity contribution in [2.24, 2.45) is 0 Å². The molecule has 3 nitrogen and oxygen atoms in total. The summed E-state index contributed by atoms with van der Waals surface area (Å²) in [7, 11) is 1.63. The zero-order valence-electron chi connectivity index (χ0n) is 8.45. The van der Waals surface area contributed by atoms with Gasteiger partial charge in [0.2, 0.25) is 5.28 Å². The van der Waals surface area contributed by atoms with Crippen molar-refractivity contribution >= 4 is 27.5 Å². The van der Waals surface area contributed by atoms with Crippen LogP contribution in [0.3, 0.4) is 0 Å². The molecule has 0 saturated carbocycles. The molecule has 1 heterocycles. The highest BCUT2D eigenvalue weighted by Gasteiger charge is 2.03. The van der Waals surface area contributed by atoms with Crippen LogP contribution in [0.1, 0.15) is 0 Å². The molecule has 16 heavy (non-hydrogen) atoms. The molecule has 0 amide bonds. The number of hydrogen-bond donors (Lipinski definition) is 0. The summed E-state index contributed by atoms with van der Waals surface area (Å²) in [5.41, 5.74) is 1.74.